The molecule has 0 fully saturated rings. The van der Waals surface area contributed by atoms with E-state index in [1.54, 1.807) is 0 Å². The van der Waals surface area contributed by atoms with Crippen molar-refractivity contribution in [2.24, 2.45) is 11.5 Å². The quantitative estimate of drug-likeness (QED) is 0.573. The molecule has 0 bridgehead atoms. The smallest absolute Gasteiger partial charge is 0.249 e. The Morgan fingerprint density at radius 3 is 1.27 bits per heavy atom. The van der Waals surface area contributed by atoms with Gasteiger partial charge in [0.2, 0.25) is 11.8 Å². The lowest BCUT2D eigenvalue weighted by atomic mass is 9.86. The lowest BCUT2D eigenvalue weighted by Gasteiger charge is -2.19. The van der Waals surface area contributed by atoms with Gasteiger partial charge in [0.25, 0.3) is 0 Å². The molecule has 26 heavy (non-hydrogen) atoms. The summed E-state index contributed by atoms with van der Waals surface area (Å²) in [5, 5.41) is 0. The van der Waals surface area contributed by atoms with E-state index in [1.807, 2.05) is 48.5 Å². The molecule has 0 saturated carbocycles. The number of amides is 2. The summed E-state index contributed by atoms with van der Waals surface area (Å²) in [5.74, 6) is -1.17. The first kappa shape index (κ1) is 18.4. The third kappa shape index (κ3) is 3.30. The van der Waals surface area contributed by atoms with Crippen molar-refractivity contribution in [2.45, 2.75) is 0 Å². The second-order valence-corrected chi connectivity index (χ2v) is 7.31. The molecule has 0 spiro atoms. The summed E-state index contributed by atoms with van der Waals surface area (Å²) in [6.45, 7) is 0. The third-order valence-corrected chi connectivity index (χ3v) is 5.41. The van der Waals surface area contributed by atoms with Gasteiger partial charge in [-0.1, -0.05) is 68.3 Å². The molecule has 4 nitrogen and oxygen atoms in total. The van der Waals surface area contributed by atoms with Crippen LogP contribution in [0.15, 0.2) is 69.6 Å². The van der Waals surface area contributed by atoms with E-state index in [1.165, 1.54) is 12.1 Å². The lowest BCUT2D eigenvalue weighted by molar-refractivity contribution is 0.0989. The zero-order valence-corrected chi connectivity index (χ0v) is 16.7. The summed E-state index contributed by atoms with van der Waals surface area (Å²) in [6.07, 6.45) is 0. The van der Waals surface area contributed by atoms with Gasteiger partial charge in [-0.15, -0.1) is 0 Å². The molecule has 3 aromatic rings. The minimum absolute atomic E-state index is 0.313. The fourth-order valence-corrected chi connectivity index (χ4v) is 3.87. The minimum atomic E-state index is -0.583. The number of rotatable bonds is 4. The SMILES string of the molecule is NC(=O)c1ccc(C(N)=O)c(-c2ccccc2Br)c1-c1ccccc1Br. The standard InChI is InChI=1S/C20H14Br2N2O2/c21-15-7-3-1-5-11(15)17-13(19(23)25)9-10-14(20(24)26)18(17)12-6-2-4-8-16(12)22/h1-10H,(H2,23,25)(H2,24,26). The summed E-state index contributed by atoms with van der Waals surface area (Å²) in [6, 6.07) is 18.0. The molecule has 0 aliphatic rings. The summed E-state index contributed by atoms with van der Waals surface area (Å²) in [7, 11) is 0. The van der Waals surface area contributed by atoms with Gasteiger partial charge in [0, 0.05) is 31.2 Å². The molecule has 0 heterocycles. The van der Waals surface area contributed by atoms with Gasteiger partial charge in [-0.3, -0.25) is 9.59 Å². The molecule has 4 N–H and O–H groups in total. The maximum Gasteiger partial charge on any atom is 0.249 e. The minimum Gasteiger partial charge on any atom is -0.366 e. The number of hydrogen-bond acceptors (Lipinski definition) is 2. The van der Waals surface area contributed by atoms with Gasteiger partial charge in [-0.05, 0) is 35.4 Å². The van der Waals surface area contributed by atoms with Crippen LogP contribution in [-0.2, 0) is 0 Å². The molecule has 130 valence electrons. The molecule has 0 radical (unpaired) electrons. The van der Waals surface area contributed by atoms with Gasteiger partial charge >= 0.3 is 0 Å². The van der Waals surface area contributed by atoms with E-state index < -0.39 is 11.8 Å². The van der Waals surface area contributed by atoms with E-state index in [0.29, 0.717) is 22.3 Å². The highest BCUT2D eigenvalue weighted by Crippen LogP contribution is 2.42. The molecule has 0 saturated heterocycles. The van der Waals surface area contributed by atoms with Crippen LogP contribution in [-0.4, -0.2) is 11.8 Å². The number of nitrogens with two attached hydrogens (primary N) is 2. The highest BCUT2D eigenvalue weighted by atomic mass is 79.9. The van der Waals surface area contributed by atoms with Crippen LogP contribution in [0.4, 0.5) is 0 Å². The Balaban J connectivity index is 2.53. The van der Waals surface area contributed by atoms with Gasteiger partial charge in [-0.25, -0.2) is 0 Å². The third-order valence-electron chi connectivity index (χ3n) is 4.02. The molecular weight excluding hydrogens is 460 g/mol. The average Bonchev–Trinajstić information content (AvgIpc) is 2.61. The van der Waals surface area contributed by atoms with Crippen molar-refractivity contribution >= 4 is 43.7 Å². The molecule has 3 aromatic carbocycles. The molecular formula is C20H14Br2N2O2. The van der Waals surface area contributed by atoms with Crippen LogP contribution in [0.5, 0.6) is 0 Å². The van der Waals surface area contributed by atoms with Crippen molar-refractivity contribution in [3.05, 3.63) is 80.7 Å². The molecule has 0 aliphatic carbocycles. The second-order valence-electron chi connectivity index (χ2n) is 5.60. The first-order valence-corrected chi connectivity index (χ1v) is 9.26. The van der Waals surface area contributed by atoms with E-state index in [4.69, 9.17) is 11.5 Å². The highest BCUT2D eigenvalue weighted by molar-refractivity contribution is 9.11. The molecule has 0 unspecified atom stereocenters. The van der Waals surface area contributed by atoms with E-state index in [0.717, 1.165) is 20.1 Å². The fourth-order valence-electron chi connectivity index (χ4n) is 2.90. The van der Waals surface area contributed by atoms with Crippen LogP contribution in [0.1, 0.15) is 20.7 Å². The Hall–Kier alpha value is -2.44. The largest absolute Gasteiger partial charge is 0.366 e. The van der Waals surface area contributed by atoms with E-state index in [-0.39, 0.29) is 0 Å². The molecule has 6 heteroatoms. The van der Waals surface area contributed by atoms with E-state index in [9.17, 15) is 9.59 Å². The van der Waals surface area contributed by atoms with Crippen molar-refractivity contribution in [3.8, 4) is 22.3 Å². The van der Waals surface area contributed by atoms with Crippen molar-refractivity contribution in [1.82, 2.24) is 0 Å². The van der Waals surface area contributed by atoms with Crippen LogP contribution < -0.4 is 11.5 Å². The summed E-state index contributed by atoms with van der Waals surface area (Å²) in [4.78, 5) is 24.3. The zero-order chi connectivity index (χ0) is 18.8. The molecule has 0 aromatic heterocycles. The summed E-state index contributed by atoms with van der Waals surface area (Å²) < 4.78 is 1.55. The summed E-state index contributed by atoms with van der Waals surface area (Å²) >= 11 is 7.05. The van der Waals surface area contributed by atoms with Crippen LogP contribution >= 0.6 is 31.9 Å². The monoisotopic (exact) mass is 472 g/mol. The van der Waals surface area contributed by atoms with Crippen molar-refractivity contribution in [2.75, 3.05) is 0 Å². The van der Waals surface area contributed by atoms with Crippen LogP contribution in [0.2, 0.25) is 0 Å². The topological polar surface area (TPSA) is 86.2 Å². The van der Waals surface area contributed by atoms with Gasteiger partial charge in [0.05, 0.1) is 0 Å². The number of carbonyl (C=O) groups excluding carboxylic acids is 2. The number of halogens is 2. The van der Waals surface area contributed by atoms with Gasteiger partial charge in [-0.2, -0.15) is 0 Å². The Kier molecular flexibility index (Phi) is 5.25. The number of benzene rings is 3. The number of hydrogen-bond donors (Lipinski definition) is 2. The zero-order valence-electron chi connectivity index (χ0n) is 13.5. The summed E-state index contributed by atoms with van der Waals surface area (Å²) in [5.41, 5.74) is 14.5. The van der Waals surface area contributed by atoms with Gasteiger partial charge in [0.15, 0.2) is 0 Å². The lowest BCUT2D eigenvalue weighted by Crippen LogP contribution is -2.17. The van der Waals surface area contributed by atoms with Crippen LogP contribution in [0, 0.1) is 0 Å². The number of primary amides is 2. The van der Waals surface area contributed by atoms with Crippen LogP contribution in [0.25, 0.3) is 22.3 Å². The molecule has 3 rings (SSSR count). The number of carbonyl (C=O) groups is 2. The Morgan fingerprint density at radius 1 is 0.615 bits per heavy atom. The normalized spacial score (nSPS) is 10.5. The van der Waals surface area contributed by atoms with Crippen molar-refractivity contribution < 1.29 is 9.59 Å². The van der Waals surface area contributed by atoms with E-state index >= 15 is 0 Å². The fraction of sp³-hybridized carbons (Fsp3) is 0. The molecule has 0 aliphatic heterocycles. The highest BCUT2D eigenvalue weighted by Gasteiger charge is 2.23. The van der Waals surface area contributed by atoms with Crippen molar-refractivity contribution in [1.29, 1.82) is 0 Å². The van der Waals surface area contributed by atoms with E-state index in [2.05, 4.69) is 31.9 Å². The van der Waals surface area contributed by atoms with Gasteiger partial charge in [0.1, 0.15) is 0 Å². The first-order chi connectivity index (χ1) is 12.4. The first-order valence-electron chi connectivity index (χ1n) is 7.68. The predicted octanol–water partition coefficient (Wildman–Crippen LogP) is 4.74. The Bertz CT molecular complexity index is 950. The molecule has 0 atom stereocenters. The Morgan fingerprint density at radius 2 is 0.962 bits per heavy atom. The maximum absolute atomic E-state index is 12.1. The Labute approximate surface area is 167 Å². The van der Waals surface area contributed by atoms with Crippen LogP contribution in [0.3, 0.4) is 0 Å². The average molecular weight is 474 g/mol. The van der Waals surface area contributed by atoms with Crippen molar-refractivity contribution in [3.63, 3.8) is 0 Å². The maximum atomic E-state index is 12.1. The second kappa shape index (κ2) is 7.43. The predicted molar refractivity (Wildman–Crippen MR) is 110 cm³/mol. The molecule has 2 amide bonds. The van der Waals surface area contributed by atoms with Gasteiger partial charge < -0.3 is 11.5 Å².